The lowest BCUT2D eigenvalue weighted by Crippen LogP contribution is -2.23. The van der Waals surface area contributed by atoms with Crippen LogP contribution in [-0.2, 0) is 13.6 Å². The summed E-state index contributed by atoms with van der Waals surface area (Å²) >= 11 is 0. The second-order valence-electron chi connectivity index (χ2n) is 9.02. The average molecular weight is 547 g/mol. The highest BCUT2D eigenvalue weighted by Crippen LogP contribution is 2.27. The first-order chi connectivity index (χ1) is 19.2. The number of anilines is 1. The number of aromatic nitrogens is 6. The summed E-state index contributed by atoms with van der Waals surface area (Å²) in [6, 6.07) is 12.6. The third-order valence-electron chi connectivity index (χ3n) is 6.63. The number of halogens is 1. The smallest absolute Gasteiger partial charge is 0.350 e. The van der Waals surface area contributed by atoms with E-state index in [-0.39, 0.29) is 28.2 Å². The number of amides is 1. The van der Waals surface area contributed by atoms with Crippen LogP contribution in [0.25, 0.3) is 22.3 Å². The Morgan fingerprint density at radius 3 is 2.42 bits per heavy atom. The Morgan fingerprint density at radius 2 is 1.80 bits per heavy atom. The number of aliphatic hydroxyl groups excluding tert-OH is 1. The Bertz CT molecular complexity index is 1870. The van der Waals surface area contributed by atoms with Crippen LogP contribution >= 0.6 is 0 Å². The number of aliphatic hydroxyl groups is 1. The maximum atomic E-state index is 15.0. The number of hydrogen-bond donors (Lipinski definition) is 3. The summed E-state index contributed by atoms with van der Waals surface area (Å²) in [5.74, 6) is -0.918. The molecule has 2 aromatic carbocycles. The number of carbonyl (C=O) groups excluding carboxylic acids is 1. The summed E-state index contributed by atoms with van der Waals surface area (Å²) < 4.78 is 20.8. The summed E-state index contributed by atoms with van der Waals surface area (Å²) in [6.07, 6.45) is -0.110. The molecule has 12 nitrogen and oxygen atoms in total. The molecular formula is C27H27FN8O4. The number of pyridine rings is 1. The maximum absolute atomic E-state index is 15.0. The number of fused-ring (bicyclic) bond motifs is 1. The molecule has 1 atom stereocenters. The molecule has 0 radical (unpaired) electrons. The van der Waals surface area contributed by atoms with Crippen molar-refractivity contribution in [1.29, 1.82) is 0 Å². The van der Waals surface area contributed by atoms with Gasteiger partial charge >= 0.3 is 5.69 Å². The molecule has 0 bridgehead atoms. The van der Waals surface area contributed by atoms with Gasteiger partial charge < -0.3 is 15.7 Å². The van der Waals surface area contributed by atoms with E-state index in [9.17, 15) is 19.5 Å². The number of carbonyl (C=O) groups is 1. The normalized spacial score (nSPS) is 12.1. The molecule has 0 saturated carbocycles. The van der Waals surface area contributed by atoms with E-state index < -0.39 is 18.0 Å². The molecule has 13 heteroatoms. The lowest BCUT2D eigenvalue weighted by atomic mass is 10.1. The molecule has 0 aliphatic heterocycles. The molecule has 1 unspecified atom stereocenters. The van der Waals surface area contributed by atoms with Gasteiger partial charge in [0.1, 0.15) is 11.5 Å². The zero-order valence-electron chi connectivity index (χ0n) is 22.2. The van der Waals surface area contributed by atoms with Crippen molar-refractivity contribution in [2.24, 2.45) is 7.05 Å². The van der Waals surface area contributed by atoms with E-state index in [0.29, 0.717) is 34.6 Å². The van der Waals surface area contributed by atoms with Gasteiger partial charge in [0.2, 0.25) is 0 Å². The molecule has 1 amide bonds. The summed E-state index contributed by atoms with van der Waals surface area (Å²) in [5.41, 5.74) is 0.662. The molecule has 3 aromatic heterocycles. The zero-order chi connectivity index (χ0) is 28.7. The summed E-state index contributed by atoms with van der Waals surface area (Å²) in [6.45, 7) is 3.91. The maximum Gasteiger partial charge on any atom is 0.350 e. The van der Waals surface area contributed by atoms with Gasteiger partial charge in [-0.05, 0) is 56.3 Å². The van der Waals surface area contributed by atoms with Crippen LogP contribution in [-0.4, -0.2) is 46.8 Å². The van der Waals surface area contributed by atoms with Crippen LogP contribution < -0.4 is 21.9 Å². The Morgan fingerprint density at radius 1 is 1.10 bits per heavy atom. The fraction of sp³-hybridized carbons (Fsp3) is 0.222. The summed E-state index contributed by atoms with van der Waals surface area (Å²) in [7, 11) is 2.96. The van der Waals surface area contributed by atoms with E-state index in [2.05, 4.69) is 20.7 Å². The largest absolute Gasteiger partial charge is 0.368 e. The minimum absolute atomic E-state index is 0.103. The molecule has 3 heterocycles. The van der Waals surface area contributed by atoms with Crippen molar-refractivity contribution in [3.05, 3.63) is 98.5 Å². The predicted octanol–water partition coefficient (Wildman–Crippen LogP) is 2.00. The summed E-state index contributed by atoms with van der Waals surface area (Å²) in [4.78, 5) is 42.3. The molecular weight excluding hydrogens is 519 g/mol. The van der Waals surface area contributed by atoms with Crippen molar-refractivity contribution < 1.29 is 14.3 Å². The first kappa shape index (κ1) is 26.6. The topological polar surface area (TPSA) is 141 Å². The number of rotatable bonds is 7. The Balaban J connectivity index is 1.58. The van der Waals surface area contributed by atoms with Gasteiger partial charge in [0.25, 0.3) is 11.5 Å². The van der Waals surface area contributed by atoms with Crippen LogP contribution in [0.4, 0.5) is 10.1 Å². The van der Waals surface area contributed by atoms with Crippen LogP contribution in [0.5, 0.6) is 0 Å². The van der Waals surface area contributed by atoms with Crippen molar-refractivity contribution in [1.82, 2.24) is 34.0 Å². The monoisotopic (exact) mass is 546 g/mol. The standard InChI is InChI=1S/C27H27FN8O4/c1-5-34-23-19(13-14-30-22(23)25(38)31-20-8-6-7-18(21(20)28)24(37)29-3)26(39)36(34)17-11-9-16(10-12-17)35-15(2)32-33(4)27(35)40/h6-14,25,31,38H,5H2,1-4H3,(H,29,37). The molecule has 0 spiro atoms. The van der Waals surface area contributed by atoms with E-state index in [1.54, 1.807) is 49.0 Å². The quantitative estimate of drug-likeness (QED) is 0.265. The molecule has 0 aliphatic rings. The van der Waals surface area contributed by atoms with E-state index in [1.807, 2.05) is 6.92 Å². The van der Waals surface area contributed by atoms with Crippen LogP contribution in [0.2, 0.25) is 0 Å². The number of hydrogen-bond acceptors (Lipinski definition) is 7. The molecule has 0 aliphatic carbocycles. The fourth-order valence-corrected chi connectivity index (χ4v) is 4.79. The van der Waals surface area contributed by atoms with E-state index in [0.717, 1.165) is 0 Å². The molecule has 0 fully saturated rings. The second kappa shape index (κ2) is 10.3. The van der Waals surface area contributed by atoms with Gasteiger partial charge in [-0.15, -0.1) is 0 Å². The van der Waals surface area contributed by atoms with Crippen molar-refractivity contribution in [2.45, 2.75) is 26.6 Å². The number of benzene rings is 2. The van der Waals surface area contributed by atoms with Crippen molar-refractivity contribution in [3.63, 3.8) is 0 Å². The molecule has 206 valence electrons. The lowest BCUT2D eigenvalue weighted by Gasteiger charge is -2.18. The summed E-state index contributed by atoms with van der Waals surface area (Å²) in [5, 5.41) is 20.6. The van der Waals surface area contributed by atoms with Crippen molar-refractivity contribution >= 4 is 22.5 Å². The number of nitrogens with zero attached hydrogens (tertiary/aromatic N) is 6. The van der Waals surface area contributed by atoms with Crippen molar-refractivity contribution in [2.75, 3.05) is 12.4 Å². The van der Waals surface area contributed by atoms with E-state index in [1.165, 1.54) is 45.4 Å². The Hall–Kier alpha value is -5.04. The van der Waals surface area contributed by atoms with Crippen LogP contribution in [0.15, 0.2) is 64.3 Å². The Labute approximate surface area is 226 Å². The fourth-order valence-electron chi connectivity index (χ4n) is 4.79. The third kappa shape index (κ3) is 4.25. The highest BCUT2D eigenvalue weighted by Gasteiger charge is 2.23. The minimum atomic E-state index is -1.51. The van der Waals surface area contributed by atoms with Crippen LogP contribution in [0.1, 0.15) is 35.0 Å². The lowest BCUT2D eigenvalue weighted by molar-refractivity contribution is 0.0959. The van der Waals surface area contributed by atoms with Crippen LogP contribution in [0.3, 0.4) is 0 Å². The van der Waals surface area contributed by atoms with Gasteiger partial charge in [-0.1, -0.05) is 6.07 Å². The van der Waals surface area contributed by atoms with Crippen LogP contribution in [0, 0.1) is 12.7 Å². The van der Waals surface area contributed by atoms with E-state index >= 15 is 4.39 Å². The van der Waals surface area contributed by atoms with E-state index in [4.69, 9.17) is 0 Å². The van der Waals surface area contributed by atoms with Gasteiger partial charge in [-0.2, -0.15) is 5.10 Å². The third-order valence-corrected chi connectivity index (χ3v) is 6.63. The molecule has 5 aromatic rings. The van der Waals surface area contributed by atoms with Gasteiger partial charge in [0.05, 0.1) is 33.5 Å². The first-order valence-corrected chi connectivity index (χ1v) is 12.5. The highest BCUT2D eigenvalue weighted by molar-refractivity contribution is 5.95. The first-order valence-electron chi connectivity index (χ1n) is 12.5. The molecule has 0 saturated heterocycles. The number of nitrogens with one attached hydrogen (secondary N) is 2. The van der Waals surface area contributed by atoms with Crippen molar-refractivity contribution in [3.8, 4) is 11.4 Å². The predicted molar refractivity (Wildman–Crippen MR) is 146 cm³/mol. The molecule has 3 N–H and O–H groups in total. The second-order valence-corrected chi connectivity index (χ2v) is 9.02. The molecule has 40 heavy (non-hydrogen) atoms. The number of aryl methyl sites for hydroxylation is 3. The minimum Gasteiger partial charge on any atom is -0.368 e. The highest BCUT2D eigenvalue weighted by atomic mass is 19.1. The average Bonchev–Trinajstić information content (AvgIpc) is 3.39. The van der Waals surface area contributed by atoms with Gasteiger partial charge in [-0.3, -0.25) is 19.3 Å². The van der Waals surface area contributed by atoms with Gasteiger partial charge in [0, 0.05) is 26.8 Å². The zero-order valence-corrected chi connectivity index (χ0v) is 22.2. The molecule has 5 rings (SSSR count). The van der Waals surface area contributed by atoms with Gasteiger partial charge in [0.15, 0.2) is 12.0 Å². The van der Waals surface area contributed by atoms with Gasteiger partial charge in [-0.25, -0.2) is 23.1 Å². The SMILES string of the molecule is CCn1c2c(C(O)Nc3cccc(C(=O)NC)c3F)nccc2c(=O)n1-c1ccc(-n2c(C)nn(C)c2=O)cc1. The Kier molecular flexibility index (Phi) is 6.81.